The van der Waals surface area contributed by atoms with Gasteiger partial charge in [-0.25, -0.2) is 4.98 Å². The van der Waals surface area contributed by atoms with Crippen LogP contribution >= 0.6 is 0 Å². The Balaban J connectivity index is 1.92. The van der Waals surface area contributed by atoms with Gasteiger partial charge in [-0.3, -0.25) is 0 Å². The highest BCUT2D eigenvalue weighted by atomic mass is 16.5. The molecule has 4 nitrogen and oxygen atoms in total. The number of ether oxygens (including phenoxy) is 1. The number of nitrogens with zero attached hydrogens (tertiary/aromatic N) is 2. The fourth-order valence-corrected chi connectivity index (χ4v) is 2.04. The van der Waals surface area contributed by atoms with E-state index in [1.54, 1.807) is 0 Å². The van der Waals surface area contributed by atoms with Crippen LogP contribution in [0.25, 0.3) is 0 Å². The van der Waals surface area contributed by atoms with Crippen LogP contribution in [0.5, 0.6) is 5.88 Å². The summed E-state index contributed by atoms with van der Waals surface area (Å²) in [5, 5.41) is 9.27. The van der Waals surface area contributed by atoms with E-state index in [0.717, 1.165) is 23.8 Å². The molecule has 0 saturated heterocycles. The van der Waals surface area contributed by atoms with E-state index in [-0.39, 0.29) is 6.61 Å². The molecule has 0 unspecified atom stereocenters. The Kier molecular flexibility index (Phi) is 4.77. The lowest BCUT2D eigenvalue weighted by atomic mass is 10.1. The molecule has 0 aromatic carbocycles. The molecule has 1 heterocycles. The average Bonchev–Trinajstić information content (AvgIpc) is 3.22. The van der Waals surface area contributed by atoms with Crippen LogP contribution in [0.2, 0.25) is 0 Å². The van der Waals surface area contributed by atoms with Gasteiger partial charge in [-0.1, -0.05) is 13.8 Å². The van der Waals surface area contributed by atoms with Gasteiger partial charge in [-0.15, -0.1) is 0 Å². The Morgan fingerprint density at radius 1 is 1.42 bits per heavy atom. The third-order valence-corrected chi connectivity index (χ3v) is 3.52. The van der Waals surface area contributed by atoms with E-state index in [1.807, 2.05) is 12.1 Å². The number of hydrogen-bond acceptors (Lipinski definition) is 4. The summed E-state index contributed by atoms with van der Waals surface area (Å²) in [6.07, 6.45) is 2.62. The molecule has 0 spiro atoms. The molecule has 0 bridgehead atoms. The maximum Gasteiger partial charge on any atom is 0.213 e. The number of aliphatic hydroxyl groups is 1. The highest BCUT2D eigenvalue weighted by molar-refractivity contribution is 5.26. The number of aromatic nitrogens is 1. The van der Waals surface area contributed by atoms with Crippen LogP contribution < -0.4 is 4.74 Å². The van der Waals surface area contributed by atoms with Gasteiger partial charge < -0.3 is 14.7 Å². The smallest absolute Gasteiger partial charge is 0.213 e. The highest BCUT2D eigenvalue weighted by Gasteiger charge is 2.25. The minimum absolute atomic E-state index is 0.0284. The van der Waals surface area contributed by atoms with E-state index in [4.69, 9.17) is 4.74 Å². The van der Waals surface area contributed by atoms with Crippen LogP contribution in [0.1, 0.15) is 43.9 Å². The Morgan fingerprint density at radius 3 is 2.74 bits per heavy atom. The Hall–Kier alpha value is -1.13. The van der Waals surface area contributed by atoms with Gasteiger partial charge in [0.2, 0.25) is 5.88 Å². The van der Waals surface area contributed by atoms with Gasteiger partial charge in [0.25, 0.3) is 0 Å². The van der Waals surface area contributed by atoms with Crippen LogP contribution in [0.4, 0.5) is 0 Å². The minimum atomic E-state index is 0.0284. The van der Waals surface area contributed by atoms with Gasteiger partial charge in [-0.2, -0.15) is 0 Å². The van der Waals surface area contributed by atoms with Crippen LogP contribution in [-0.2, 0) is 6.61 Å². The number of likely N-dealkylation sites (N-methyl/N-ethyl adjacent to an activating group) is 1. The van der Waals surface area contributed by atoms with Crippen molar-refractivity contribution in [1.82, 2.24) is 9.88 Å². The Bertz CT molecular complexity index is 417. The molecule has 0 aliphatic heterocycles. The van der Waals surface area contributed by atoms with Crippen molar-refractivity contribution >= 4 is 0 Å². The van der Waals surface area contributed by atoms with Crippen molar-refractivity contribution in [3.05, 3.63) is 23.4 Å². The SMILES string of the molecule is CC(C)c1cc(CO)cc(OCCN(C)C2CC2)n1. The molecule has 2 rings (SSSR count). The van der Waals surface area contributed by atoms with Crippen molar-refractivity contribution in [3.63, 3.8) is 0 Å². The zero-order valence-electron chi connectivity index (χ0n) is 12.1. The number of aliphatic hydroxyl groups excluding tert-OH is 1. The second kappa shape index (κ2) is 6.35. The summed E-state index contributed by atoms with van der Waals surface area (Å²) in [5.74, 6) is 0.961. The lowest BCUT2D eigenvalue weighted by Gasteiger charge is -2.16. The van der Waals surface area contributed by atoms with E-state index in [2.05, 4.69) is 30.8 Å². The van der Waals surface area contributed by atoms with Crippen molar-refractivity contribution in [2.24, 2.45) is 0 Å². The third kappa shape index (κ3) is 4.18. The second-order valence-electron chi connectivity index (χ2n) is 5.61. The van der Waals surface area contributed by atoms with E-state index >= 15 is 0 Å². The first-order chi connectivity index (χ1) is 9.10. The highest BCUT2D eigenvalue weighted by Crippen LogP contribution is 2.25. The van der Waals surface area contributed by atoms with Crippen LogP contribution in [0.3, 0.4) is 0 Å². The molecule has 1 aromatic rings. The second-order valence-corrected chi connectivity index (χ2v) is 5.61. The van der Waals surface area contributed by atoms with Crippen molar-refractivity contribution in [2.45, 2.75) is 45.3 Å². The summed E-state index contributed by atoms with van der Waals surface area (Å²) in [4.78, 5) is 6.82. The van der Waals surface area contributed by atoms with E-state index in [0.29, 0.717) is 18.4 Å². The molecule has 106 valence electrons. The molecule has 4 heteroatoms. The standard InChI is InChI=1S/C15H24N2O2/c1-11(2)14-8-12(10-18)9-15(16-14)19-7-6-17(3)13-4-5-13/h8-9,11,13,18H,4-7,10H2,1-3H3. The average molecular weight is 264 g/mol. The van der Waals surface area contributed by atoms with Gasteiger partial charge in [0, 0.05) is 24.3 Å². The van der Waals surface area contributed by atoms with E-state index in [9.17, 15) is 5.11 Å². The zero-order chi connectivity index (χ0) is 13.8. The van der Waals surface area contributed by atoms with Gasteiger partial charge in [0.1, 0.15) is 6.61 Å². The first kappa shape index (κ1) is 14.3. The number of rotatable bonds is 7. The molecule has 0 atom stereocenters. The fourth-order valence-electron chi connectivity index (χ4n) is 2.04. The van der Waals surface area contributed by atoms with E-state index in [1.165, 1.54) is 12.8 Å². The van der Waals surface area contributed by atoms with Gasteiger partial charge in [0.15, 0.2) is 0 Å². The molecule has 1 N–H and O–H groups in total. The van der Waals surface area contributed by atoms with Crippen molar-refractivity contribution in [1.29, 1.82) is 0 Å². The number of hydrogen-bond donors (Lipinski definition) is 1. The van der Waals surface area contributed by atoms with Crippen LogP contribution in [-0.4, -0.2) is 41.2 Å². The third-order valence-electron chi connectivity index (χ3n) is 3.52. The number of pyridine rings is 1. The molecule has 1 fully saturated rings. The predicted octanol–water partition coefficient (Wildman–Crippen LogP) is 2.17. The maximum absolute atomic E-state index is 9.27. The molecule has 1 aliphatic rings. The summed E-state index contributed by atoms with van der Waals surface area (Å²) >= 11 is 0. The predicted molar refractivity (Wildman–Crippen MR) is 75.4 cm³/mol. The quantitative estimate of drug-likeness (QED) is 0.820. The molecule has 19 heavy (non-hydrogen) atoms. The normalized spacial score (nSPS) is 15.3. The summed E-state index contributed by atoms with van der Waals surface area (Å²) in [5.41, 5.74) is 1.83. The molecule has 1 saturated carbocycles. The summed E-state index contributed by atoms with van der Waals surface area (Å²) in [6, 6.07) is 4.52. The topological polar surface area (TPSA) is 45.6 Å². The summed E-state index contributed by atoms with van der Waals surface area (Å²) in [7, 11) is 2.14. The fraction of sp³-hybridized carbons (Fsp3) is 0.667. The molecule has 1 aliphatic carbocycles. The lowest BCUT2D eigenvalue weighted by Crippen LogP contribution is -2.26. The molecule has 0 radical (unpaired) electrons. The monoisotopic (exact) mass is 264 g/mol. The first-order valence-electron chi connectivity index (χ1n) is 7.05. The zero-order valence-corrected chi connectivity index (χ0v) is 12.1. The Labute approximate surface area is 115 Å². The molecular formula is C15H24N2O2. The van der Waals surface area contributed by atoms with Crippen molar-refractivity contribution in [3.8, 4) is 5.88 Å². The van der Waals surface area contributed by atoms with Gasteiger partial charge in [0.05, 0.1) is 6.61 Å². The van der Waals surface area contributed by atoms with Crippen molar-refractivity contribution in [2.75, 3.05) is 20.2 Å². The van der Waals surface area contributed by atoms with Gasteiger partial charge in [-0.05, 0) is 37.4 Å². The molecule has 0 amide bonds. The summed E-state index contributed by atoms with van der Waals surface area (Å²) < 4.78 is 5.72. The minimum Gasteiger partial charge on any atom is -0.476 e. The lowest BCUT2D eigenvalue weighted by molar-refractivity contribution is 0.225. The first-order valence-corrected chi connectivity index (χ1v) is 7.05. The Morgan fingerprint density at radius 2 is 2.16 bits per heavy atom. The summed E-state index contributed by atoms with van der Waals surface area (Å²) in [6.45, 7) is 5.78. The molecular weight excluding hydrogens is 240 g/mol. The van der Waals surface area contributed by atoms with Crippen molar-refractivity contribution < 1.29 is 9.84 Å². The largest absolute Gasteiger partial charge is 0.476 e. The maximum atomic E-state index is 9.27. The van der Waals surface area contributed by atoms with Crippen LogP contribution in [0.15, 0.2) is 12.1 Å². The van der Waals surface area contributed by atoms with Gasteiger partial charge >= 0.3 is 0 Å². The van der Waals surface area contributed by atoms with E-state index < -0.39 is 0 Å². The molecule has 1 aromatic heterocycles. The van der Waals surface area contributed by atoms with Crippen LogP contribution in [0, 0.1) is 0 Å².